The Labute approximate surface area is 115 Å². The number of nitrogens with zero attached hydrogens (tertiary/aromatic N) is 2. The van der Waals surface area contributed by atoms with Crippen molar-refractivity contribution in [3.63, 3.8) is 0 Å². The van der Waals surface area contributed by atoms with Crippen molar-refractivity contribution < 1.29 is 19.0 Å². The van der Waals surface area contributed by atoms with E-state index < -0.39 is 11.8 Å². The number of rotatable bonds is 4. The number of carboxylic acids is 1. The first kappa shape index (κ1) is 13.9. The second kappa shape index (κ2) is 5.64. The van der Waals surface area contributed by atoms with Crippen LogP contribution in [0.4, 0.5) is 4.39 Å². The fourth-order valence-electron chi connectivity index (χ4n) is 1.76. The summed E-state index contributed by atoms with van der Waals surface area (Å²) in [5.74, 6) is -1.46. The smallest absolute Gasteiger partial charge is 0.335 e. The molecule has 1 aromatic heterocycles. The lowest BCUT2D eigenvalue weighted by molar-refractivity contribution is 0.0696. The molecular weight excluding hydrogens is 263 g/mol. The van der Waals surface area contributed by atoms with Crippen molar-refractivity contribution in [2.24, 2.45) is 0 Å². The van der Waals surface area contributed by atoms with Gasteiger partial charge in [0, 0.05) is 0 Å². The maximum Gasteiger partial charge on any atom is 0.335 e. The van der Waals surface area contributed by atoms with Gasteiger partial charge in [-0.1, -0.05) is 6.92 Å². The third-order valence-corrected chi connectivity index (χ3v) is 2.81. The zero-order valence-electron chi connectivity index (χ0n) is 11.1. The number of carboxylic acid groups (broad SMARTS) is 1. The number of aromatic nitrogens is 2. The van der Waals surface area contributed by atoms with Gasteiger partial charge >= 0.3 is 5.97 Å². The van der Waals surface area contributed by atoms with E-state index in [0.717, 1.165) is 0 Å². The lowest BCUT2D eigenvalue weighted by Crippen LogP contribution is -2.01. The fraction of sp³-hybridized carbons (Fsp3) is 0.214. The first-order valence-electron chi connectivity index (χ1n) is 6.04. The minimum absolute atomic E-state index is 0.167. The first-order valence-corrected chi connectivity index (χ1v) is 6.04. The molecule has 0 aliphatic heterocycles. The molecule has 2 rings (SSSR count). The molecule has 2 aromatic rings. The van der Waals surface area contributed by atoms with E-state index in [4.69, 9.17) is 9.84 Å². The maximum atomic E-state index is 13.9. The summed E-state index contributed by atoms with van der Waals surface area (Å²) < 4.78 is 19.3. The Kier molecular flexibility index (Phi) is 3.93. The normalized spacial score (nSPS) is 10.3. The molecule has 20 heavy (non-hydrogen) atoms. The summed E-state index contributed by atoms with van der Waals surface area (Å²) >= 11 is 0. The largest absolute Gasteiger partial charge is 0.478 e. The molecule has 0 amide bonds. The molecule has 1 N–H and O–H groups in total. The van der Waals surface area contributed by atoms with Gasteiger partial charge in [-0.05, 0) is 37.1 Å². The number of ether oxygens (including phenoxy) is 1. The Hall–Kier alpha value is -2.50. The summed E-state index contributed by atoms with van der Waals surface area (Å²) in [7, 11) is 0. The predicted octanol–water partition coefficient (Wildman–Crippen LogP) is 2.98. The molecule has 6 heteroatoms. The topological polar surface area (TPSA) is 72.3 Å². The van der Waals surface area contributed by atoms with Crippen molar-refractivity contribution in [2.75, 3.05) is 0 Å². The predicted molar refractivity (Wildman–Crippen MR) is 69.6 cm³/mol. The number of aromatic carboxylic acids is 1. The van der Waals surface area contributed by atoms with Gasteiger partial charge in [-0.15, -0.1) is 0 Å². The van der Waals surface area contributed by atoms with Crippen LogP contribution in [-0.2, 0) is 6.42 Å². The molecule has 0 unspecified atom stereocenters. The summed E-state index contributed by atoms with van der Waals surface area (Å²) in [6.07, 6.45) is 1.66. The lowest BCUT2D eigenvalue weighted by atomic mass is 10.1. The molecule has 0 fully saturated rings. The minimum Gasteiger partial charge on any atom is -0.478 e. The number of halogens is 1. The van der Waals surface area contributed by atoms with E-state index in [1.54, 1.807) is 13.8 Å². The molecule has 0 saturated carbocycles. The second-order valence-corrected chi connectivity index (χ2v) is 4.18. The molecular formula is C14H13FN2O3. The van der Waals surface area contributed by atoms with Crippen LogP contribution in [-0.4, -0.2) is 21.0 Å². The lowest BCUT2D eigenvalue weighted by Gasteiger charge is -2.09. The Morgan fingerprint density at radius 2 is 2.15 bits per heavy atom. The molecule has 0 atom stereocenters. The maximum absolute atomic E-state index is 13.9. The quantitative estimate of drug-likeness (QED) is 0.929. The van der Waals surface area contributed by atoms with Crippen LogP contribution >= 0.6 is 0 Å². The number of benzene rings is 1. The number of hydrogen-bond acceptors (Lipinski definition) is 4. The first-order chi connectivity index (χ1) is 9.52. The van der Waals surface area contributed by atoms with Crippen molar-refractivity contribution in [3.05, 3.63) is 47.2 Å². The van der Waals surface area contributed by atoms with Gasteiger partial charge in [-0.2, -0.15) is 9.37 Å². The molecule has 1 aromatic carbocycles. The number of hydrogen-bond donors (Lipinski definition) is 1. The van der Waals surface area contributed by atoms with Gasteiger partial charge in [0.15, 0.2) is 0 Å². The molecule has 104 valence electrons. The Balaban J connectivity index is 2.31. The van der Waals surface area contributed by atoms with Gasteiger partial charge in [-0.25, -0.2) is 9.78 Å². The van der Waals surface area contributed by atoms with Gasteiger partial charge in [0.2, 0.25) is 5.82 Å². The van der Waals surface area contributed by atoms with Crippen molar-refractivity contribution in [3.8, 4) is 11.6 Å². The molecule has 1 heterocycles. The summed E-state index contributed by atoms with van der Waals surface area (Å²) in [5, 5.41) is 8.94. The summed E-state index contributed by atoms with van der Waals surface area (Å²) in [5.41, 5.74) is 0.976. The highest BCUT2D eigenvalue weighted by molar-refractivity contribution is 5.89. The van der Waals surface area contributed by atoms with Crippen LogP contribution in [0.5, 0.6) is 11.6 Å². The monoisotopic (exact) mass is 276 g/mol. The molecule has 0 radical (unpaired) electrons. The molecule has 0 saturated heterocycles. The highest BCUT2D eigenvalue weighted by Gasteiger charge is 2.13. The van der Waals surface area contributed by atoms with Crippen molar-refractivity contribution in [1.82, 2.24) is 9.97 Å². The Morgan fingerprint density at radius 3 is 2.75 bits per heavy atom. The number of aryl methyl sites for hydroxylation is 2. The van der Waals surface area contributed by atoms with Crippen LogP contribution in [0, 0.1) is 12.7 Å². The average molecular weight is 276 g/mol. The van der Waals surface area contributed by atoms with E-state index in [0.29, 0.717) is 17.7 Å². The molecule has 0 spiro atoms. The average Bonchev–Trinajstić information content (AvgIpc) is 2.41. The molecule has 0 aliphatic rings. The second-order valence-electron chi connectivity index (χ2n) is 4.18. The molecule has 0 aliphatic carbocycles. The third kappa shape index (κ3) is 2.74. The van der Waals surface area contributed by atoms with Crippen LogP contribution in [0.1, 0.15) is 28.5 Å². The van der Waals surface area contributed by atoms with E-state index in [1.807, 2.05) is 0 Å². The van der Waals surface area contributed by atoms with Gasteiger partial charge < -0.3 is 9.84 Å². The summed E-state index contributed by atoms with van der Waals surface area (Å²) in [4.78, 5) is 18.5. The van der Waals surface area contributed by atoms with Crippen LogP contribution in [0.25, 0.3) is 0 Å². The summed E-state index contributed by atoms with van der Waals surface area (Å²) in [6.45, 7) is 3.42. The Morgan fingerprint density at radius 1 is 1.40 bits per heavy atom. The van der Waals surface area contributed by atoms with Gasteiger partial charge in [0.1, 0.15) is 12.1 Å². The van der Waals surface area contributed by atoms with E-state index in [9.17, 15) is 9.18 Å². The van der Waals surface area contributed by atoms with Gasteiger partial charge in [0.25, 0.3) is 5.88 Å². The Bertz CT molecular complexity index is 659. The van der Waals surface area contributed by atoms with Crippen LogP contribution in [0.2, 0.25) is 0 Å². The SMILES string of the molecule is CCc1ncnc(Oc2ccc(C(=O)O)c(C)c2)c1F. The minimum atomic E-state index is -1.02. The van der Waals surface area contributed by atoms with Crippen LogP contribution < -0.4 is 4.74 Å². The van der Waals surface area contributed by atoms with Gasteiger partial charge in [0.05, 0.1) is 11.3 Å². The van der Waals surface area contributed by atoms with E-state index in [-0.39, 0.29) is 17.1 Å². The van der Waals surface area contributed by atoms with Crippen molar-refractivity contribution >= 4 is 5.97 Å². The van der Waals surface area contributed by atoms with E-state index in [1.165, 1.54) is 24.5 Å². The highest BCUT2D eigenvalue weighted by atomic mass is 19.1. The van der Waals surface area contributed by atoms with E-state index >= 15 is 0 Å². The van der Waals surface area contributed by atoms with Crippen molar-refractivity contribution in [1.29, 1.82) is 0 Å². The number of carbonyl (C=O) groups is 1. The fourth-order valence-corrected chi connectivity index (χ4v) is 1.76. The van der Waals surface area contributed by atoms with E-state index in [2.05, 4.69) is 9.97 Å². The third-order valence-electron chi connectivity index (χ3n) is 2.81. The zero-order valence-corrected chi connectivity index (χ0v) is 11.1. The highest BCUT2D eigenvalue weighted by Crippen LogP contribution is 2.25. The van der Waals surface area contributed by atoms with Crippen LogP contribution in [0.3, 0.4) is 0 Å². The van der Waals surface area contributed by atoms with Crippen molar-refractivity contribution in [2.45, 2.75) is 20.3 Å². The van der Waals surface area contributed by atoms with Crippen LogP contribution in [0.15, 0.2) is 24.5 Å². The standard InChI is InChI=1S/C14H13FN2O3/c1-3-11-12(15)13(17-7-16-11)20-9-4-5-10(14(18)19)8(2)6-9/h4-7H,3H2,1-2H3,(H,18,19). The van der Waals surface area contributed by atoms with Gasteiger partial charge in [-0.3, -0.25) is 0 Å². The summed E-state index contributed by atoms with van der Waals surface area (Å²) in [6, 6.07) is 4.40. The molecule has 0 bridgehead atoms. The molecule has 5 nitrogen and oxygen atoms in total. The zero-order chi connectivity index (χ0) is 14.7.